The number of benzene rings is 3. The van der Waals surface area contributed by atoms with E-state index >= 15 is 0 Å². The number of rotatable bonds is 8. The summed E-state index contributed by atoms with van der Waals surface area (Å²) in [7, 11) is -3.89. The van der Waals surface area contributed by atoms with Crippen molar-refractivity contribution in [3.05, 3.63) is 107 Å². The lowest BCUT2D eigenvalue weighted by atomic mass is 10.2. The highest BCUT2D eigenvalue weighted by Gasteiger charge is 2.36. The zero-order chi connectivity index (χ0) is 19.1. The third-order valence-electron chi connectivity index (χ3n) is 3.95. The minimum absolute atomic E-state index is 0.0601. The minimum atomic E-state index is -3.89. The zero-order valence-electron chi connectivity index (χ0n) is 14.6. The Morgan fingerprint density at radius 2 is 1.33 bits per heavy atom. The van der Waals surface area contributed by atoms with E-state index in [2.05, 4.69) is 0 Å². The Kier molecular flexibility index (Phi) is 6.84. The van der Waals surface area contributed by atoms with E-state index in [4.69, 9.17) is 20.6 Å². The highest BCUT2D eigenvalue weighted by molar-refractivity contribution is 7.54. The summed E-state index contributed by atoms with van der Waals surface area (Å²) in [6.45, 7) is 0.120. The van der Waals surface area contributed by atoms with E-state index in [1.165, 1.54) is 0 Å². The first-order chi connectivity index (χ1) is 13.1. The van der Waals surface area contributed by atoms with E-state index in [1.807, 2.05) is 60.7 Å². The first kappa shape index (κ1) is 19.8. The molecule has 0 aliphatic rings. The van der Waals surface area contributed by atoms with Crippen LogP contribution in [0.25, 0.3) is 0 Å². The molecule has 0 fully saturated rings. The second-order valence-corrected chi connectivity index (χ2v) is 8.51. The van der Waals surface area contributed by atoms with Gasteiger partial charge in [0.1, 0.15) is 0 Å². The fraction of sp³-hybridized carbons (Fsp3) is 0.143. The zero-order valence-corrected chi connectivity index (χ0v) is 16.2. The predicted octanol–water partition coefficient (Wildman–Crippen LogP) is 5.96. The minimum Gasteiger partial charge on any atom is -0.376 e. The predicted molar refractivity (Wildman–Crippen MR) is 106 cm³/mol. The van der Waals surface area contributed by atoms with Gasteiger partial charge in [0.25, 0.3) is 0 Å². The molecule has 27 heavy (non-hydrogen) atoms. The van der Waals surface area contributed by atoms with Crippen LogP contribution in [0, 0.1) is 0 Å². The Hall–Kier alpha value is -1.94. The summed E-state index contributed by atoms with van der Waals surface area (Å²) in [5.74, 6) is -1.44. The molecule has 0 saturated carbocycles. The smallest absolute Gasteiger partial charge is 0.364 e. The van der Waals surface area contributed by atoms with Crippen molar-refractivity contribution in [2.24, 2.45) is 0 Å². The number of aliphatic hydroxyl groups excluding tert-OH is 1. The van der Waals surface area contributed by atoms with E-state index in [0.717, 1.165) is 11.1 Å². The molecule has 0 unspecified atom stereocenters. The van der Waals surface area contributed by atoms with Crippen LogP contribution in [-0.4, -0.2) is 5.11 Å². The summed E-state index contributed by atoms with van der Waals surface area (Å²) in [5, 5.41) is 11.2. The highest BCUT2D eigenvalue weighted by atomic mass is 35.5. The van der Waals surface area contributed by atoms with Crippen molar-refractivity contribution in [2.75, 3.05) is 0 Å². The van der Waals surface area contributed by atoms with Crippen LogP contribution in [0.1, 0.15) is 22.5 Å². The van der Waals surface area contributed by atoms with Gasteiger partial charge in [-0.15, -0.1) is 0 Å². The Morgan fingerprint density at radius 3 is 1.81 bits per heavy atom. The van der Waals surface area contributed by atoms with Crippen LogP contribution in [-0.2, 0) is 26.8 Å². The average molecular weight is 403 g/mol. The third kappa shape index (κ3) is 5.52. The number of aliphatic hydroxyl groups is 1. The molecular formula is C21H20ClO4P. The molecule has 6 heteroatoms. The fourth-order valence-corrected chi connectivity index (χ4v) is 4.25. The van der Waals surface area contributed by atoms with Crippen LogP contribution in [0.2, 0.25) is 5.02 Å². The van der Waals surface area contributed by atoms with Crippen molar-refractivity contribution >= 4 is 19.2 Å². The molecule has 0 aromatic heterocycles. The molecule has 0 amide bonds. The standard InChI is InChI=1S/C21H20ClO4P/c22-20-13-7-12-19(14-20)21(23)27(24,25-15-17-8-3-1-4-9-17)26-16-18-10-5-2-6-11-18/h1-14,21,23H,15-16H2/t21-/m0/s1. The maximum atomic E-state index is 13.4. The molecule has 0 saturated heterocycles. The van der Waals surface area contributed by atoms with Gasteiger partial charge in [0.2, 0.25) is 0 Å². The molecule has 1 atom stereocenters. The Morgan fingerprint density at radius 1 is 0.815 bits per heavy atom. The van der Waals surface area contributed by atoms with E-state index in [-0.39, 0.29) is 13.2 Å². The average Bonchev–Trinajstić information content (AvgIpc) is 2.72. The van der Waals surface area contributed by atoms with Crippen LogP contribution in [0.5, 0.6) is 0 Å². The van der Waals surface area contributed by atoms with Crippen molar-refractivity contribution in [1.82, 2.24) is 0 Å². The molecule has 1 N–H and O–H groups in total. The van der Waals surface area contributed by atoms with Crippen LogP contribution in [0.4, 0.5) is 0 Å². The van der Waals surface area contributed by atoms with Crippen LogP contribution in [0.15, 0.2) is 84.9 Å². The van der Waals surface area contributed by atoms with Gasteiger partial charge >= 0.3 is 7.60 Å². The van der Waals surface area contributed by atoms with E-state index < -0.39 is 13.4 Å². The van der Waals surface area contributed by atoms with Crippen molar-refractivity contribution in [1.29, 1.82) is 0 Å². The maximum absolute atomic E-state index is 13.4. The molecule has 4 nitrogen and oxygen atoms in total. The van der Waals surface area contributed by atoms with Gasteiger partial charge in [-0.05, 0) is 28.8 Å². The summed E-state index contributed by atoms with van der Waals surface area (Å²) in [5.41, 5.74) is 2.05. The normalized spacial score (nSPS) is 12.7. The topological polar surface area (TPSA) is 55.8 Å². The molecule has 0 bridgehead atoms. The lowest BCUT2D eigenvalue weighted by Gasteiger charge is -2.24. The van der Waals surface area contributed by atoms with Gasteiger partial charge in [0, 0.05) is 5.02 Å². The summed E-state index contributed by atoms with van der Waals surface area (Å²) < 4.78 is 24.7. The maximum Gasteiger partial charge on any atom is 0.364 e. The summed E-state index contributed by atoms with van der Waals surface area (Å²) >= 11 is 6.00. The molecule has 3 rings (SSSR count). The van der Waals surface area contributed by atoms with Crippen molar-refractivity contribution in [3.63, 3.8) is 0 Å². The van der Waals surface area contributed by atoms with Gasteiger partial charge in [-0.1, -0.05) is 84.4 Å². The number of hydrogen-bond donors (Lipinski definition) is 1. The lowest BCUT2D eigenvalue weighted by molar-refractivity contribution is 0.133. The number of hydrogen-bond acceptors (Lipinski definition) is 4. The first-order valence-electron chi connectivity index (χ1n) is 8.47. The van der Waals surface area contributed by atoms with E-state index in [1.54, 1.807) is 24.3 Å². The Bertz CT molecular complexity index is 855. The molecule has 3 aromatic rings. The Balaban J connectivity index is 1.81. The molecule has 0 spiro atoms. The van der Waals surface area contributed by atoms with Crippen molar-refractivity contribution in [3.8, 4) is 0 Å². The summed E-state index contributed by atoms with van der Waals surface area (Å²) in [4.78, 5) is 0. The van der Waals surface area contributed by atoms with Gasteiger partial charge in [-0.25, -0.2) is 0 Å². The second-order valence-electron chi connectivity index (χ2n) is 5.99. The third-order valence-corrected chi connectivity index (χ3v) is 6.06. The molecular weight excluding hydrogens is 383 g/mol. The molecule has 0 heterocycles. The first-order valence-corrected chi connectivity index (χ1v) is 10.5. The highest BCUT2D eigenvalue weighted by Crippen LogP contribution is 2.60. The van der Waals surface area contributed by atoms with Crippen LogP contribution in [0.3, 0.4) is 0 Å². The molecule has 0 aliphatic heterocycles. The molecule has 0 aliphatic carbocycles. The number of halogens is 1. The Labute approximate surface area is 163 Å². The summed E-state index contributed by atoms with van der Waals surface area (Å²) in [6.07, 6.45) is 0. The van der Waals surface area contributed by atoms with Gasteiger partial charge < -0.3 is 14.2 Å². The largest absolute Gasteiger partial charge is 0.376 e. The summed E-state index contributed by atoms with van der Waals surface area (Å²) in [6, 6.07) is 25.2. The second kappa shape index (κ2) is 9.32. The van der Waals surface area contributed by atoms with Crippen molar-refractivity contribution < 1.29 is 18.7 Å². The molecule has 140 valence electrons. The van der Waals surface area contributed by atoms with Crippen molar-refractivity contribution in [2.45, 2.75) is 19.1 Å². The quantitative estimate of drug-likeness (QED) is 0.472. The van der Waals surface area contributed by atoms with E-state index in [0.29, 0.717) is 10.6 Å². The monoisotopic (exact) mass is 402 g/mol. The van der Waals surface area contributed by atoms with Gasteiger partial charge in [-0.3, -0.25) is 4.57 Å². The lowest BCUT2D eigenvalue weighted by Crippen LogP contribution is -2.07. The fourth-order valence-electron chi connectivity index (χ4n) is 2.51. The molecule has 0 radical (unpaired) electrons. The van der Waals surface area contributed by atoms with Crippen LogP contribution < -0.4 is 0 Å². The molecule has 3 aromatic carbocycles. The van der Waals surface area contributed by atoms with Crippen LogP contribution >= 0.6 is 19.2 Å². The van der Waals surface area contributed by atoms with Gasteiger partial charge in [0.15, 0.2) is 5.85 Å². The van der Waals surface area contributed by atoms with Gasteiger partial charge in [-0.2, -0.15) is 0 Å². The van der Waals surface area contributed by atoms with Gasteiger partial charge in [0.05, 0.1) is 13.2 Å². The SMILES string of the molecule is O=P(OCc1ccccc1)(OCc1ccccc1)[C@H](O)c1cccc(Cl)c1. The van der Waals surface area contributed by atoms with E-state index in [9.17, 15) is 9.67 Å².